The minimum atomic E-state index is -3.67. The summed E-state index contributed by atoms with van der Waals surface area (Å²) in [5.74, 6) is 0. The number of aliphatic hydroxyl groups is 1. The molecule has 0 saturated heterocycles. The summed E-state index contributed by atoms with van der Waals surface area (Å²) in [5, 5.41) is 10.3. The summed E-state index contributed by atoms with van der Waals surface area (Å²) in [6.07, 6.45) is -0.410. The highest BCUT2D eigenvalue weighted by atomic mass is 32.2. The van der Waals surface area contributed by atoms with Crippen LogP contribution < -0.4 is 9.62 Å². The first-order valence-electron chi connectivity index (χ1n) is 7.81. The van der Waals surface area contributed by atoms with E-state index in [4.69, 9.17) is 0 Å². The Morgan fingerprint density at radius 2 is 1.62 bits per heavy atom. The van der Waals surface area contributed by atoms with Gasteiger partial charge < -0.3 is 10.0 Å². The molecule has 0 amide bonds. The Balaban J connectivity index is 2.04. The molecule has 0 fully saturated rings. The first-order valence-corrected chi connectivity index (χ1v) is 9.29. The van der Waals surface area contributed by atoms with Gasteiger partial charge >= 0.3 is 0 Å². The van der Waals surface area contributed by atoms with Gasteiger partial charge in [-0.05, 0) is 43.2 Å². The van der Waals surface area contributed by atoms with Gasteiger partial charge in [-0.3, -0.25) is 0 Å². The Kier molecular flexibility index (Phi) is 5.99. The van der Waals surface area contributed by atoms with E-state index >= 15 is 0 Å². The Labute approximate surface area is 144 Å². The van der Waals surface area contributed by atoms with Crippen LogP contribution in [0, 0.1) is 0 Å². The van der Waals surface area contributed by atoms with Crippen LogP contribution in [0.5, 0.6) is 0 Å². The molecule has 0 bridgehead atoms. The molecule has 2 unspecified atom stereocenters. The summed E-state index contributed by atoms with van der Waals surface area (Å²) in [7, 11) is 0.117. The smallest absolute Gasteiger partial charge is 0.240 e. The van der Waals surface area contributed by atoms with E-state index in [9.17, 15) is 13.5 Å². The first-order chi connectivity index (χ1) is 11.3. The molecule has 5 nitrogen and oxygen atoms in total. The molecule has 0 heterocycles. The second-order valence-corrected chi connectivity index (χ2v) is 7.77. The molecule has 0 aromatic heterocycles. The minimum Gasteiger partial charge on any atom is -0.391 e. The van der Waals surface area contributed by atoms with Crippen molar-refractivity contribution in [2.24, 2.45) is 0 Å². The second kappa shape index (κ2) is 7.79. The normalized spacial score (nSPS) is 14.2. The second-order valence-electron chi connectivity index (χ2n) is 6.06. The summed E-state index contributed by atoms with van der Waals surface area (Å²) >= 11 is 0. The molecule has 0 saturated carbocycles. The van der Waals surface area contributed by atoms with Crippen LogP contribution in [-0.2, 0) is 16.4 Å². The van der Waals surface area contributed by atoms with E-state index in [1.54, 1.807) is 31.2 Å². The minimum absolute atomic E-state index is 0.187. The zero-order valence-electron chi connectivity index (χ0n) is 14.2. The van der Waals surface area contributed by atoms with Gasteiger partial charge in [0.25, 0.3) is 0 Å². The van der Waals surface area contributed by atoms with Crippen molar-refractivity contribution in [2.75, 3.05) is 19.0 Å². The van der Waals surface area contributed by atoms with Crippen LogP contribution in [0.2, 0.25) is 0 Å². The highest BCUT2D eigenvalue weighted by molar-refractivity contribution is 7.89. The number of sulfonamides is 1. The van der Waals surface area contributed by atoms with Gasteiger partial charge in [0.05, 0.1) is 11.0 Å². The third-order valence-electron chi connectivity index (χ3n) is 3.87. The summed E-state index contributed by atoms with van der Waals surface area (Å²) in [6.45, 7) is 1.67. The molecule has 0 aliphatic rings. The summed E-state index contributed by atoms with van der Waals surface area (Å²) in [6, 6.07) is 15.5. The van der Waals surface area contributed by atoms with Crippen LogP contribution in [-0.4, -0.2) is 39.8 Å². The lowest BCUT2D eigenvalue weighted by Gasteiger charge is -2.20. The van der Waals surface area contributed by atoms with Crippen LogP contribution in [0.25, 0.3) is 0 Å². The zero-order valence-corrected chi connectivity index (χ0v) is 15.0. The lowest BCUT2D eigenvalue weighted by molar-refractivity contribution is 0.144. The molecular weight excluding hydrogens is 324 g/mol. The van der Waals surface area contributed by atoms with Crippen molar-refractivity contribution in [3.63, 3.8) is 0 Å². The van der Waals surface area contributed by atoms with Crippen molar-refractivity contribution in [3.05, 3.63) is 60.2 Å². The number of benzene rings is 2. The number of hydrogen-bond donors (Lipinski definition) is 2. The quantitative estimate of drug-likeness (QED) is 0.803. The molecule has 0 spiro atoms. The number of anilines is 1. The largest absolute Gasteiger partial charge is 0.391 e. The summed E-state index contributed by atoms with van der Waals surface area (Å²) in [5.41, 5.74) is 1.89. The number of hydrogen-bond acceptors (Lipinski definition) is 4. The zero-order chi connectivity index (χ0) is 17.7. The fraction of sp³-hybridized carbons (Fsp3) is 0.333. The van der Waals surface area contributed by atoms with Gasteiger partial charge in [-0.25, -0.2) is 13.1 Å². The van der Waals surface area contributed by atoms with Gasteiger partial charge in [-0.2, -0.15) is 0 Å². The number of nitrogens with zero attached hydrogens (tertiary/aromatic N) is 1. The van der Waals surface area contributed by atoms with E-state index in [-0.39, 0.29) is 4.90 Å². The predicted molar refractivity (Wildman–Crippen MR) is 96.7 cm³/mol. The lowest BCUT2D eigenvalue weighted by Crippen LogP contribution is -2.42. The molecule has 24 heavy (non-hydrogen) atoms. The maximum Gasteiger partial charge on any atom is 0.240 e. The third-order valence-corrected chi connectivity index (χ3v) is 5.44. The summed E-state index contributed by atoms with van der Waals surface area (Å²) < 4.78 is 27.4. The molecule has 2 aromatic carbocycles. The molecule has 6 heteroatoms. The highest BCUT2D eigenvalue weighted by Gasteiger charge is 2.22. The van der Waals surface area contributed by atoms with Gasteiger partial charge in [-0.15, -0.1) is 0 Å². The van der Waals surface area contributed by atoms with Crippen LogP contribution in [0.3, 0.4) is 0 Å². The van der Waals surface area contributed by atoms with Gasteiger partial charge in [-0.1, -0.05) is 30.3 Å². The topological polar surface area (TPSA) is 69.6 Å². The van der Waals surface area contributed by atoms with E-state index in [0.29, 0.717) is 6.42 Å². The van der Waals surface area contributed by atoms with Crippen LogP contribution >= 0.6 is 0 Å². The van der Waals surface area contributed by atoms with E-state index in [1.807, 2.05) is 49.3 Å². The Bertz CT molecular complexity index is 744. The Morgan fingerprint density at radius 3 is 2.17 bits per heavy atom. The van der Waals surface area contributed by atoms with E-state index < -0.39 is 22.2 Å². The molecular formula is C18H24N2O3S. The van der Waals surface area contributed by atoms with Crippen LogP contribution in [0.15, 0.2) is 59.5 Å². The molecule has 130 valence electrons. The molecule has 2 atom stereocenters. The number of rotatable bonds is 7. The van der Waals surface area contributed by atoms with Crippen LogP contribution in [0.4, 0.5) is 5.69 Å². The van der Waals surface area contributed by atoms with Gasteiger partial charge in [0.2, 0.25) is 10.0 Å². The van der Waals surface area contributed by atoms with Crippen molar-refractivity contribution in [1.29, 1.82) is 0 Å². The Morgan fingerprint density at radius 1 is 1.04 bits per heavy atom. The molecule has 0 aliphatic carbocycles. The Hall–Kier alpha value is -1.89. The van der Waals surface area contributed by atoms with Crippen molar-refractivity contribution in [2.45, 2.75) is 30.4 Å². The van der Waals surface area contributed by atoms with E-state index in [2.05, 4.69) is 4.72 Å². The lowest BCUT2D eigenvalue weighted by atomic mass is 10.0. The first kappa shape index (κ1) is 18.4. The van der Waals surface area contributed by atoms with Gasteiger partial charge in [0.1, 0.15) is 0 Å². The highest BCUT2D eigenvalue weighted by Crippen LogP contribution is 2.17. The molecule has 2 rings (SSSR count). The monoisotopic (exact) mass is 348 g/mol. The van der Waals surface area contributed by atoms with Crippen LogP contribution in [0.1, 0.15) is 12.5 Å². The molecule has 2 N–H and O–H groups in total. The van der Waals surface area contributed by atoms with E-state index in [1.165, 1.54) is 0 Å². The average molecular weight is 348 g/mol. The number of nitrogens with one attached hydrogen (secondary N) is 1. The average Bonchev–Trinajstić information content (AvgIpc) is 2.55. The summed E-state index contributed by atoms with van der Waals surface area (Å²) in [4.78, 5) is 2.09. The van der Waals surface area contributed by atoms with Gasteiger partial charge in [0.15, 0.2) is 0 Å². The van der Waals surface area contributed by atoms with E-state index in [0.717, 1.165) is 11.3 Å². The fourth-order valence-electron chi connectivity index (χ4n) is 2.35. The van der Waals surface area contributed by atoms with Crippen molar-refractivity contribution >= 4 is 15.7 Å². The third kappa shape index (κ3) is 4.80. The maximum absolute atomic E-state index is 12.4. The fourth-order valence-corrected chi connectivity index (χ4v) is 3.62. The molecule has 2 aromatic rings. The van der Waals surface area contributed by atoms with Crippen molar-refractivity contribution in [3.8, 4) is 0 Å². The van der Waals surface area contributed by atoms with Crippen molar-refractivity contribution in [1.82, 2.24) is 4.72 Å². The maximum atomic E-state index is 12.4. The standard InChI is InChI=1S/C18H24N2O3S/c1-14(18(21)13-15-7-5-4-6-8-15)19-24(22,23)17-11-9-16(10-12-17)20(2)3/h4-12,14,18-19,21H,13H2,1-3H3. The number of aliphatic hydroxyl groups excluding tert-OH is 1. The van der Waals surface area contributed by atoms with Crippen molar-refractivity contribution < 1.29 is 13.5 Å². The van der Waals surface area contributed by atoms with Gasteiger partial charge in [0, 0.05) is 25.8 Å². The molecule has 0 aliphatic heterocycles. The predicted octanol–water partition coefficient (Wildman–Crippen LogP) is 2.02. The SMILES string of the molecule is CC(NS(=O)(=O)c1ccc(N(C)C)cc1)C(O)Cc1ccccc1. The molecule has 0 radical (unpaired) electrons.